The minimum Gasteiger partial charge on any atom is -0.383 e. The Morgan fingerprint density at radius 3 is 2.44 bits per heavy atom. The van der Waals surface area contributed by atoms with Gasteiger partial charge in [-0.1, -0.05) is 6.92 Å². The molecule has 3 heteroatoms. The molecule has 0 saturated carbocycles. The van der Waals surface area contributed by atoms with Crippen LogP contribution in [0.15, 0.2) is 0 Å². The third kappa shape index (κ3) is 1.18. The van der Waals surface area contributed by atoms with Crippen molar-refractivity contribution in [3.05, 3.63) is 6.61 Å². The van der Waals surface area contributed by atoms with Gasteiger partial charge >= 0.3 is 0 Å². The molecule has 1 aliphatic rings. The highest BCUT2D eigenvalue weighted by atomic mass is 16.5. The van der Waals surface area contributed by atoms with Gasteiger partial charge in [0.25, 0.3) is 12.7 Å². The first-order chi connectivity index (χ1) is 4.25. The number of hydrogen-bond acceptors (Lipinski definition) is 3. The minimum absolute atomic E-state index is 0.208. The van der Waals surface area contributed by atoms with E-state index in [1.165, 1.54) is 6.61 Å². The molecule has 0 bridgehead atoms. The molecule has 0 spiro atoms. The molecule has 3 unspecified atom stereocenters. The fourth-order valence-electron chi connectivity index (χ4n) is 0.900. The molecule has 0 aliphatic carbocycles. The van der Waals surface area contributed by atoms with Crippen LogP contribution >= 0.6 is 0 Å². The van der Waals surface area contributed by atoms with Crippen LogP contribution in [0.3, 0.4) is 0 Å². The van der Waals surface area contributed by atoms with E-state index in [1.54, 1.807) is 0 Å². The largest absolute Gasteiger partial charge is 0.383 e. The van der Waals surface area contributed by atoms with Crippen LogP contribution in [0, 0.1) is 6.61 Å². The summed E-state index contributed by atoms with van der Waals surface area (Å²) in [5.74, 6) is 0. The van der Waals surface area contributed by atoms with E-state index in [-0.39, 0.29) is 6.10 Å². The van der Waals surface area contributed by atoms with Gasteiger partial charge in [-0.05, 0) is 6.42 Å². The topological polar surface area (TPSA) is 49.7 Å². The highest BCUT2D eigenvalue weighted by Gasteiger charge is 2.42. The van der Waals surface area contributed by atoms with Gasteiger partial charge in [0.15, 0.2) is 6.10 Å². The van der Waals surface area contributed by atoms with Gasteiger partial charge in [-0.3, -0.25) is 0 Å². The van der Waals surface area contributed by atoms with Gasteiger partial charge in [0.1, 0.15) is 6.10 Å². The van der Waals surface area contributed by atoms with Crippen LogP contribution in [0.2, 0.25) is 0 Å². The smallest absolute Gasteiger partial charge is 0.261 e. The average molecular weight is 131 g/mol. The second kappa shape index (κ2) is 2.56. The Morgan fingerprint density at radius 2 is 2.22 bits per heavy atom. The van der Waals surface area contributed by atoms with Crippen molar-refractivity contribution in [2.75, 3.05) is 0 Å². The maximum atomic E-state index is 9.05. The maximum Gasteiger partial charge on any atom is 0.261 e. The van der Waals surface area contributed by atoms with Crippen molar-refractivity contribution >= 4 is 0 Å². The average Bonchev–Trinajstić information content (AvgIpc) is 2.15. The van der Waals surface area contributed by atoms with Crippen molar-refractivity contribution in [3.63, 3.8) is 0 Å². The standard InChI is InChI=1S/C6H11O3/c1-2-5-6(8)4(7)3-9-5/h3-8H,2H2,1H3/q+1. The molecule has 9 heavy (non-hydrogen) atoms. The SMILES string of the molecule is CCC1O[CH+]C(O)C1O. The second-order valence-electron chi connectivity index (χ2n) is 2.20. The van der Waals surface area contributed by atoms with Crippen LogP contribution in [-0.4, -0.2) is 28.5 Å². The zero-order valence-electron chi connectivity index (χ0n) is 5.32. The predicted molar refractivity (Wildman–Crippen MR) is 31.5 cm³/mol. The third-order valence-electron chi connectivity index (χ3n) is 1.53. The summed E-state index contributed by atoms with van der Waals surface area (Å²) < 4.78 is 4.90. The summed E-state index contributed by atoms with van der Waals surface area (Å²) in [5.41, 5.74) is 0. The predicted octanol–water partition coefficient (Wildman–Crippen LogP) is -0.321. The lowest BCUT2D eigenvalue weighted by Crippen LogP contribution is -2.28. The normalized spacial score (nSPS) is 42.8. The summed E-state index contributed by atoms with van der Waals surface area (Å²) in [6.45, 7) is 3.18. The summed E-state index contributed by atoms with van der Waals surface area (Å²) >= 11 is 0. The van der Waals surface area contributed by atoms with Crippen LogP contribution in [0.25, 0.3) is 0 Å². The molecule has 1 saturated heterocycles. The Bertz CT molecular complexity index is 94.3. The first kappa shape index (κ1) is 6.86. The van der Waals surface area contributed by atoms with Crippen LogP contribution in [0.4, 0.5) is 0 Å². The van der Waals surface area contributed by atoms with E-state index in [1.807, 2.05) is 6.92 Å². The second-order valence-corrected chi connectivity index (χ2v) is 2.20. The Morgan fingerprint density at radius 1 is 1.56 bits per heavy atom. The van der Waals surface area contributed by atoms with E-state index in [9.17, 15) is 0 Å². The van der Waals surface area contributed by atoms with Crippen molar-refractivity contribution in [3.8, 4) is 0 Å². The van der Waals surface area contributed by atoms with E-state index in [4.69, 9.17) is 14.9 Å². The van der Waals surface area contributed by atoms with Crippen molar-refractivity contribution in [1.82, 2.24) is 0 Å². The highest BCUT2D eigenvalue weighted by molar-refractivity contribution is 4.88. The molecule has 1 aliphatic heterocycles. The van der Waals surface area contributed by atoms with Gasteiger partial charge in [0.2, 0.25) is 0 Å². The fourth-order valence-corrected chi connectivity index (χ4v) is 0.900. The monoisotopic (exact) mass is 131 g/mol. The van der Waals surface area contributed by atoms with Gasteiger partial charge in [-0.15, -0.1) is 0 Å². The highest BCUT2D eigenvalue weighted by Crippen LogP contribution is 2.19. The number of aliphatic hydroxyl groups excluding tert-OH is 2. The molecule has 0 aromatic heterocycles. The molecule has 0 aromatic rings. The lowest BCUT2D eigenvalue weighted by Gasteiger charge is -2.04. The molecule has 52 valence electrons. The number of ether oxygens (including phenoxy) is 1. The number of hydrogen-bond donors (Lipinski definition) is 2. The van der Waals surface area contributed by atoms with E-state index < -0.39 is 12.2 Å². The Hall–Kier alpha value is -0.250. The number of rotatable bonds is 1. The van der Waals surface area contributed by atoms with Gasteiger partial charge in [-0.25, -0.2) is 0 Å². The summed E-state index contributed by atoms with van der Waals surface area (Å²) in [5, 5.41) is 17.9. The Balaban J connectivity index is 2.41. The zero-order valence-corrected chi connectivity index (χ0v) is 5.32. The van der Waals surface area contributed by atoms with E-state index >= 15 is 0 Å². The van der Waals surface area contributed by atoms with E-state index in [2.05, 4.69) is 0 Å². The molecule has 0 aromatic carbocycles. The van der Waals surface area contributed by atoms with Crippen molar-refractivity contribution in [2.24, 2.45) is 0 Å². The molecule has 0 amide bonds. The van der Waals surface area contributed by atoms with Gasteiger partial charge < -0.3 is 10.2 Å². The van der Waals surface area contributed by atoms with Crippen molar-refractivity contribution < 1.29 is 14.9 Å². The summed E-state index contributed by atoms with van der Waals surface area (Å²) in [6, 6.07) is 0. The molecule has 0 radical (unpaired) electrons. The van der Waals surface area contributed by atoms with Gasteiger partial charge in [-0.2, -0.15) is 4.74 Å². The van der Waals surface area contributed by atoms with Crippen LogP contribution in [-0.2, 0) is 4.74 Å². The molecule has 3 atom stereocenters. The van der Waals surface area contributed by atoms with Crippen LogP contribution < -0.4 is 0 Å². The minimum atomic E-state index is -0.796. The van der Waals surface area contributed by atoms with Crippen molar-refractivity contribution in [1.29, 1.82) is 0 Å². The Labute approximate surface area is 54.3 Å². The molecule has 1 fully saturated rings. The lowest BCUT2D eigenvalue weighted by molar-refractivity contribution is 0.0223. The molecular weight excluding hydrogens is 120 g/mol. The van der Waals surface area contributed by atoms with E-state index in [0.29, 0.717) is 0 Å². The third-order valence-corrected chi connectivity index (χ3v) is 1.53. The van der Waals surface area contributed by atoms with E-state index in [0.717, 1.165) is 6.42 Å². The van der Waals surface area contributed by atoms with Gasteiger partial charge in [0.05, 0.1) is 0 Å². The summed E-state index contributed by atoms with van der Waals surface area (Å²) in [6.07, 6.45) is -1.00. The first-order valence-corrected chi connectivity index (χ1v) is 3.10. The lowest BCUT2D eigenvalue weighted by atomic mass is 10.1. The Kier molecular flexibility index (Phi) is 1.95. The molecular formula is C6H11O3+. The quantitative estimate of drug-likeness (QED) is 0.479. The maximum absolute atomic E-state index is 9.05. The van der Waals surface area contributed by atoms with Crippen LogP contribution in [0.5, 0.6) is 0 Å². The fraction of sp³-hybridized carbons (Fsp3) is 0.833. The van der Waals surface area contributed by atoms with Crippen LogP contribution in [0.1, 0.15) is 13.3 Å². The molecule has 1 heterocycles. The molecule has 3 nitrogen and oxygen atoms in total. The first-order valence-electron chi connectivity index (χ1n) is 3.10. The molecule has 1 rings (SSSR count). The zero-order chi connectivity index (χ0) is 6.85. The summed E-state index contributed by atoms with van der Waals surface area (Å²) in [7, 11) is 0. The number of aliphatic hydroxyl groups is 2. The molecule has 2 N–H and O–H groups in total. The summed E-state index contributed by atoms with van der Waals surface area (Å²) in [4.78, 5) is 0. The van der Waals surface area contributed by atoms with Crippen molar-refractivity contribution in [2.45, 2.75) is 31.7 Å². The van der Waals surface area contributed by atoms with Gasteiger partial charge in [0, 0.05) is 0 Å².